The fourth-order valence-electron chi connectivity index (χ4n) is 4.25. The van der Waals surface area contributed by atoms with E-state index in [1.165, 1.54) is 4.68 Å². The summed E-state index contributed by atoms with van der Waals surface area (Å²) >= 11 is 0. The Morgan fingerprint density at radius 3 is 2.80 bits per heavy atom. The van der Waals surface area contributed by atoms with E-state index < -0.39 is 0 Å². The summed E-state index contributed by atoms with van der Waals surface area (Å²) in [5.41, 5.74) is 4.10. The van der Waals surface area contributed by atoms with Crippen LogP contribution in [-0.4, -0.2) is 44.6 Å². The first kappa shape index (κ1) is 22.1. The highest BCUT2D eigenvalue weighted by atomic mass is 16.5. The van der Waals surface area contributed by atoms with E-state index in [4.69, 9.17) is 15.9 Å². The van der Waals surface area contributed by atoms with Crippen LogP contribution >= 0.6 is 0 Å². The SMILES string of the molecule is C#CCOc1ccc([C@@H]2CC(=O)Nc3c2c(C)nn3-c2nncc(-c3ccccc3)n2)cc1OC. The van der Waals surface area contributed by atoms with Crippen LogP contribution < -0.4 is 14.8 Å². The number of hydrogen-bond donors (Lipinski definition) is 1. The number of carbonyl (C=O) groups is 1. The van der Waals surface area contributed by atoms with Crippen LogP contribution in [0.5, 0.6) is 11.5 Å². The van der Waals surface area contributed by atoms with Crippen LogP contribution in [-0.2, 0) is 4.79 Å². The van der Waals surface area contributed by atoms with Gasteiger partial charge in [-0.2, -0.15) is 14.9 Å². The summed E-state index contributed by atoms with van der Waals surface area (Å²) in [5, 5.41) is 15.9. The van der Waals surface area contributed by atoms with E-state index in [0.29, 0.717) is 23.0 Å². The molecule has 9 nitrogen and oxygen atoms in total. The number of terminal acetylenes is 1. The first-order valence-electron chi connectivity index (χ1n) is 11.0. The molecule has 0 bridgehead atoms. The minimum absolute atomic E-state index is 0.133. The van der Waals surface area contributed by atoms with Crippen LogP contribution in [0.2, 0.25) is 0 Å². The first-order valence-corrected chi connectivity index (χ1v) is 11.0. The Kier molecular flexibility index (Phi) is 5.85. The number of nitrogens with zero attached hydrogens (tertiary/aromatic N) is 5. The van der Waals surface area contributed by atoms with Gasteiger partial charge in [0.1, 0.15) is 12.4 Å². The van der Waals surface area contributed by atoms with Gasteiger partial charge in [-0.05, 0) is 24.6 Å². The number of ether oxygens (including phenoxy) is 2. The third-order valence-electron chi connectivity index (χ3n) is 5.81. The topological polar surface area (TPSA) is 104 Å². The number of rotatable bonds is 6. The lowest BCUT2D eigenvalue weighted by Crippen LogP contribution is -2.25. The maximum absolute atomic E-state index is 12.8. The predicted octanol–water partition coefficient (Wildman–Crippen LogP) is 3.53. The molecule has 0 saturated heterocycles. The summed E-state index contributed by atoms with van der Waals surface area (Å²) in [6.07, 6.45) is 7.16. The van der Waals surface area contributed by atoms with Crippen molar-refractivity contribution in [1.82, 2.24) is 25.0 Å². The second-order valence-electron chi connectivity index (χ2n) is 7.98. The van der Waals surface area contributed by atoms with Crippen molar-refractivity contribution in [2.24, 2.45) is 0 Å². The zero-order valence-corrected chi connectivity index (χ0v) is 19.2. The monoisotopic (exact) mass is 466 g/mol. The van der Waals surface area contributed by atoms with Gasteiger partial charge in [-0.1, -0.05) is 42.3 Å². The van der Waals surface area contributed by atoms with Crippen molar-refractivity contribution in [2.75, 3.05) is 19.0 Å². The molecule has 1 aliphatic heterocycles. The van der Waals surface area contributed by atoms with Crippen LogP contribution in [0.3, 0.4) is 0 Å². The Balaban J connectivity index is 1.57. The van der Waals surface area contributed by atoms with Gasteiger partial charge in [0.2, 0.25) is 5.91 Å². The zero-order chi connectivity index (χ0) is 24.4. The molecular formula is C26H22N6O3. The summed E-state index contributed by atoms with van der Waals surface area (Å²) in [6, 6.07) is 15.3. The smallest absolute Gasteiger partial charge is 0.272 e. The van der Waals surface area contributed by atoms with Crippen LogP contribution in [0.1, 0.15) is 29.2 Å². The molecule has 1 N–H and O–H groups in total. The molecule has 5 rings (SSSR count). The number of aryl methyl sites for hydroxylation is 1. The summed E-state index contributed by atoms with van der Waals surface area (Å²) in [6.45, 7) is 2.03. The van der Waals surface area contributed by atoms with Gasteiger partial charge in [0, 0.05) is 23.5 Å². The van der Waals surface area contributed by atoms with Gasteiger partial charge >= 0.3 is 0 Å². The van der Waals surface area contributed by atoms with Gasteiger partial charge in [0.25, 0.3) is 5.95 Å². The summed E-state index contributed by atoms with van der Waals surface area (Å²) in [5.74, 6) is 3.95. The molecule has 1 aliphatic rings. The van der Waals surface area contributed by atoms with Crippen LogP contribution in [0.15, 0.2) is 54.7 Å². The van der Waals surface area contributed by atoms with Crippen molar-refractivity contribution < 1.29 is 14.3 Å². The summed E-state index contributed by atoms with van der Waals surface area (Å²) < 4.78 is 12.6. The lowest BCUT2D eigenvalue weighted by molar-refractivity contribution is -0.116. The largest absolute Gasteiger partial charge is 0.493 e. The van der Waals surface area contributed by atoms with E-state index >= 15 is 0 Å². The number of amides is 1. The minimum atomic E-state index is -0.242. The van der Waals surface area contributed by atoms with E-state index in [1.807, 2.05) is 49.4 Å². The molecule has 0 aliphatic carbocycles. The maximum Gasteiger partial charge on any atom is 0.272 e. The van der Waals surface area contributed by atoms with Gasteiger partial charge in [-0.15, -0.1) is 11.5 Å². The van der Waals surface area contributed by atoms with Crippen molar-refractivity contribution >= 4 is 11.7 Å². The van der Waals surface area contributed by atoms with Gasteiger partial charge in [0.05, 0.1) is 24.7 Å². The van der Waals surface area contributed by atoms with E-state index in [0.717, 1.165) is 22.4 Å². The van der Waals surface area contributed by atoms with Gasteiger partial charge in [-0.3, -0.25) is 4.79 Å². The molecule has 4 aromatic rings. The average molecular weight is 467 g/mol. The number of hydrogen-bond acceptors (Lipinski definition) is 7. The number of methoxy groups -OCH3 is 1. The highest BCUT2D eigenvalue weighted by molar-refractivity contribution is 5.95. The zero-order valence-electron chi connectivity index (χ0n) is 19.2. The van der Waals surface area contributed by atoms with Crippen LogP contribution in [0.4, 0.5) is 5.82 Å². The first-order chi connectivity index (χ1) is 17.1. The molecule has 174 valence electrons. The number of fused-ring (bicyclic) bond motifs is 1. The molecule has 0 unspecified atom stereocenters. The Morgan fingerprint density at radius 1 is 1.20 bits per heavy atom. The predicted molar refractivity (Wildman–Crippen MR) is 130 cm³/mol. The Morgan fingerprint density at radius 2 is 2.03 bits per heavy atom. The van der Waals surface area contributed by atoms with Crippen molar-refractivity contribution in [3.05, 3.63) is 71.5 Å². The number of carbonyl (C=O) groups excluding carboxylic acids is 1. The average Bonchev–Trinajstić information content (AvgIpc) is 3.23. The lowest BCUT2D eigenvalue weighted by Gasteiger charge is -2.24. The fraction of sp³-hybridized carbons (Fsp3) is 0.192. The van der Waals surface area contributed by atoms with Crippen molar-refractivity contribution in [1.29, 1.82) is 0 Å². The normalized spacial score (nSPS) is 14.5. The van der Waals surface area contributed by atoms with Gasteiger partial charge in [-0.25, -0.2) is 4.98 Å². The highest BCUT2D eigenvalue weighted by Crippen LogP contribution is 2.42. The molecule has 35 heavy (non-hydrogen) atoms. The van der Waals surface area contributed by atoms with E-state index in [-0.39, 0.29) is 30.8 Å². The molecule has 3 heterocycles. The van der Waals surface area contributed by atoms with Gasteiger partial charge < -0.3 is 14.8 Å². The van der Waals surface area contributed by atoms with Crippen molar-refractivity contribution in [2.45, 2.75) is 19.3 Å². The van der Waals surface area contributed by atoms with E-state index in [2.05, 4.69) is 31.5 Å². The van der Waals surface area contributed by atoms with Crippen LogP contribution in [0.25, 0.3) is 17.2 Å². The van der Waals surface area contributed by atoms with Crippen molar-refractivity contribution in [3.63, 3.8) is 0 Å². The quantitative estimate of drug-likeness (QED) is 0.434. The van der Waals surface area contributed by atoms with Crippen molar-refractivity contribution in [3.8, 4) is 41.0 Å². The molecule has 0 saturated carbocycles. The maximum atomic E-state index is 12.8. The molecule has 1 atom stereocenters. The molecule has 0 fully saturated rings. The number of benzene rings is 2. The lowest BCUT2D eigenvalue weighted by atomic mass is 9.85. The third kappa shape index (κ3) is 4.17. The van der Waals surface area contributed by atoms with E-state index in [9.17, 15) is 4.79 Å². The third-order valence-corrected chi connectivity index (χ3v) is 5.81. The van der Waals surface area contributed by atoms with Crippen LogP contribution in [0, 0.1) is 19.3 Å². The Bertz CT molecular complexity index is 1440. The van der Waals surface area contributed by atoms with E-state index in [1.54, 1.807) is 19.4 Å². The fourth-order valence-corrected chi connectivity index (χ4v) is 4.25. The number of nitrogens with one attached hydrogen (secondary N) is 1. The Labute approximate surface area is 202 Å². The minimum Gasteiger partial charge on any atom is -0.493 e. The van der Waals surface area contributed by atoms with Gasteiger partial charge in [0.15, 0.2) is 11.5 Å². The molecular weight excluding hydrogens is 444 g/mol. The number of anilines is 1. The second-order valence-corrected chi connectivity index (χ2v) is 7.98. The molecule has 2 aromatic carbocycles. The number of aromatic nitrogens is 5. The Hall–Kier alpha value is -4.71. The highest BCUT2D eigenvalue weighted by Gasteiger charge is 2.33. The standard InChI is InChI=1S/C26H22N6O3/c1-4-12-35-21-11-10-18(13-22(21)34-3)19-14-23(33)29-25-24(19)16(2)31-32(25)26-28-20(15-27-30-26)17-8-6-5-7-9-17/h1,5-11,13,15,19H,12,14H2,2-3H3,(H,29,33)/t19-/m0/s1. The summed E-state index contributed by atoms with van der Waals surface area (Å²) in [7, 11) is 1.56. The molecule has 2 aromatic heterocycles. The molecule has 0 spiro atoms. The second kappa shape index (κ2) is 9.27. The molecule has 9 heteroatoms. The molecule has 0 radical (unpaired) electrons. The summed E-state index contributed by atoms with van der Waals surface area (Å²) in [4.78, 5) is 17.4. The molecule has 1 amide bonds.